The number of hydrogen-bond donors (Lipinski definition) is 3. The number of carbonyl (C=O) groups is 1. The zero-order chi connectivity index (χ0) is 23.4. The fraction of sp³-hybridized carbons (Fsp3) is 0.304. The van der Waals surface area contributed by atoms with Gasteiger partial charge in [0, 0.05) is 35.9 Å². The van der Waals surface area contributed by atoms with Crippen molar-refractivity contribution in [2.24, 2.45) is 0 Å². The van der Waals surface area contributed by atoms with Gasteiger partial charge in [-0.15, -0.1) is 0 Å². The summed E-state index contributed by atoms with van der Waals surface area (Å²) in [6.45, 7) is 3.35. The first-order chi connectivity index (χ1) is 15.9. The number of nitrogens with one attached hydrogen (secondary N) is 3. The lowest BCUT2D eigenvalue weighted by atomic mass is 10.1. The Balaban J connectivity index is 1.57. The number of aromatic nitrogens is 1. The summed E-state index contributed by atoms with van der Waals surface area (Å²) >= 11 is 0. The molecule has 0 bridgehead atoms. The highest BCUT2D eigenvalue weighted by Gasteiger charge is 2.20. The number of H-pyrrole nitrogens is 1. The van der Waals surface area contributed by atoms with Crippen molar-refractivity contribution in [1.29, 1.82) is 0 Å². The van der Waals surface area contributed by atoms with Crippen LogP contribution in [0.5, 0.6) is 5.75 Å². The molecule has 1 amide bonds. The van der Waals surface area contributed by atoms with E-state index in [1.165, 1.54) is 24.4 Å². The maximum atomic E-state index is 13.0. The maximum Gasteiger partial charge on any atom is 0.261 e. The van der Waals surface area contributed by atoms with E-state index in [0.29, 0.717) is 36.7 Å². The summed E-state index contributed by atoms with van der Waals surface area (Å²) in [6.07, 6.45) is 3.08. The quantitative estimate of drug-likeness (QED) is 0.464. The Bertz CT molecular complexity index is 1310. The van der Waals surface area contributed by atoms with E-state index in [1.54, 1.807) is 24.3 Å². The molecule has 0 radical (unpaired) electrons. The number of sulfonamides is 1. The van der Waals surface area contributed by atoms with Crippen molar-refractivity contribution < 1.29 is 22.7 Å². The molecule has 9 nitrogen and oxygen atoms in total. The average molecular weight is 472 g/mol. The third kappa shape index (κ3) is 5.18. The van der Waals surface area contributed by atoms with E-state index in [9.17, 15) is 18.0 Å². The minimum absolute atomic E-state index is 0.0566. The number of aromatic amines is 1. The lowest BCUT2D eigenvalue weighted by molar-refractivity contribution is 0.0857. The average Bonchev–Trinajstić information content (AvgIpc) is 3.33. The molecule has 0 aliphatic carbocycles. The zero-order valence-electron chi connectivity index (χ0n) is 18.1. The molecule has 3 aromatic rings. The number of amides is 1. The van der Waals surface area contributed by atoms with Gasteiger partial charge < -0.3 is 19.8 Å². The number of hydrogen-bond acceptors (Lipinski definition) is 6. The third-order valence-corrected chi connectivity index (χ3v) is 6.72. The highest BCUT2D eigenvalue weighted by atomic mass is 32.2. The second-order valence-electron chi connectivity index (χ2n) is 7.65. The molecule has 1 atom stereocenters. The molecule has 0 unspecified atom stereocenters. The van der Waals surface area contributed by atoms with Crippen LogP contribution in [0.3, 0.4) is 0 Å². The van der Waals surface area contributed by atoms with Crippen LogP contribution in [0.25, 0.3) is 10.9 Å². The number of rotatable bonds is 8. The van der Waals surface area contributed by atoms with Gasteiger partial charge in [-0.1, -0.05) is 0 Å². The lowest BCUT2D eigenvalue weighted by Crippen LogP contribution is -2.34. The van der Waals surface area contributed by atoms with Gasteiger partial charge in [-0.3, -0.25) is 14.3 Å². The number of fused-ring (bicyclic) bond motifs is 1. The summed E-state index contributed by atoms with van der Waals surface area (Å²) in [5.74, 6) is 0.0948. The van der Waals surface area contributed by atoms with Crippen LogP contribution < -0.4 is 20.2 Å². The van der Waals surface area contributed by atoms with Crippen molar-refractivity contribution in [3.8, 4) is 5.75 Å². The van der Waals surface area contributed by atoms with Crippen molar-refractivity contribution in [2.75, 3.05) is 24.5 Å². The molecule has 0 spiro atoms. The minimum atomic E-state index is -3.96. The standard InChI is InChI=1S/C23H25N3O6S/c1-2-31-16-7-5-15(6-8-16)26-33(29,30)18-9-10-21-19(12-18)22(27)20(14-24-21)23(28)25-13-17-4-3-11-32-17/h5-10,12,14,17,26H,2-4,11,13H2,1H3,(H,24,27)(H,25,28)/t17-/m1/s1. The van der Waals surface area contributed by atoms with E-state index < -0.39 is 21.4 Å². The van der Waals surface area contributed by atoms with Crippen LogP contribution in [0.1, 0.15) is 30.1 Å². The highest BCUT2D eigenvalue weighted by Crippen LogP contribution is 2.21. The summed E-state index contributed by atoms with van der Waals surface area (Å²) in [7, 11) is -3.96. The van der Waals surface area contributed by atoms with Crippen molar-refractivity contribution >= 4 is 32.5 Å². The Morgan fingerprint density at radius 2 is 2.00 bits per heavy atom. The molecule has 10 heteroatoms. The van der Waals surface area contributed by atoms with Gasteiger partial charge in [0.1, 0.15) is 11.3 Å². The normalized spacial score (nSPS) is 16.0. The van der Waals surface area contributed by atoms with Crippen LogP contribution in [0.4, 0.5) is 5.69 Å². The van der Waals surface area contributed by atoms with Gasteiger partial charge in [-0.25, -0.2) is 8.42 Å². The second kappa shape index (κ2) is 9.63. The van der Waals surface area contributed by atoms with Gasteiger partial charge in [0.05, 0.1) is 17.6 Å². The molecule has 3 N–H and O–H groups in total. The van der Waals surface area contributed by atoms with Gasteiger partial charge in [-0.05, 0) is 62.2 Å². The molecule has 1 aliphatic heterocycles. The van der Waals surface area contributed by atoms with Gasteiger partial charge >= 0.3 is 0 Å². The van der Waals surface area contributed by atoms with E-state index in [-0.39, 0.29) is 21.9 Å². The Kier molecular flexibility index (Phi) is 6.66. The van der Waals surface area contributed by atoms with Crippen LogP contribution in [0.15, 0.2) is 58.4 Å². The highest BCUT2D eigenvalue weighted by molar-refractivity contribution is 7.92. The van der Waals surface area contributed by atoms with Crippen LogP contribution in [0, 0.1) is 0 Å². The van der Waals surface area contributed by atoms with E-state index in [0.717, 1.165) is 12.8 Å². The number of ether oxygens (including phenoxy) is 2. The van der Waals surface area contributed by atoms with Gasteiger partial charge in [0.25, 0.3) is 15.9 Å². The molecule has 1 saturated heterocycles. The summed E-state index contributed by atoms with van der Waals surface area (Å²) in [4.78, 5) is 28.3. The molecule has 174 valence electrons. The molecule has 2 heterocycles. The first-order valence-electron chi connectivity index (χ1n) is 10.7. The fourth-order valence-electron chi connectivity index (χ4n) is 3.64. The minimum Gasteiger partial charge on any atom is -0.494 e. The molecule has 1 aliphatic rings. The molecule has 1 fully saturated rings. The smallest absolute Gasteiger partial charge is 0.261 e. The number of carbonyl (C=O) groups excluding carboxylic acids is 1. The van der Waals surface area contributed by atoms with E-state index in [4.69, 9.17) is 9.47 Å². The zero-order valence-corrected chi connectivity index (χ0v) is 18.9. The predicted molar refractivity (Wildman–Crippen MR) is 124 cm³/mol. The molecular formula is C23H25N3O6S. The summed E-state index contributed by atoms with van der Waals surface area (Å²) < 4.78 is 39.1. The molecule has 33 heavy (non-hydrogen) atoms. The fourth-order valence-corrected chi connectivity index (χ4v) is 4.72. The summed E-state index contributed by atoms with van der Waals surface area (Å²) in [6, 6.07) is 10.7. The molecule has 1 aromatic heterocycles. The van der Waals surface area contributed by atoms with E-state index in [1.807, 2.05) is 6.92 Å². The van der Waals surface area contributed by atoms with Crippen LogP contribution >= 0.6 is 0 Å². The Morgan fingerprint density at radius 1 is 1.21 bits per heavy atom. The van der Waals surface area contributed by atoms with Gasteiger partial charge in [0.2, 0.25) is 5.43 Å². The summed E-state index contributed by atoms with van der Waals surface area (Å²) in [5.41, 5.74) is 0.145. The van der Waals surface area contributed by atoms with Crippen LogP contribution in [-0.4, -0.2) is 45.2 Å². The molecule has 0 saturated carbocycles. The largest absolute Gasteiger partial charge is 0.494 e. The van der Waals surface area contributed by atoms with Gasteiger partial charge in [-0.2, -0.15) is 0 Å². The van der Waals surface area contributed by atoms with Crippen molar-refractivity contribution in [1.82, 2.24) is 10.3 Å². The second-order valence-corrected chi connectivity index (χ2v) is 9.33. The van der Waals surface area contributed by atoms with Crippen molar-refractivity contribution in [2.45, 2.75) is 30.8 Å². The predicted octanol–water partition coefficient (Wildman–Crippen LogP) is 2.64. The first-order valence-corrected chi connectivity index (χ1v) is 12.2. The number of pyridine rings is 1. The molecule has 2 aromatic carbocycles. The maximum absolute atomic E-state index is 13.0. The van der Waals surface area contributed by atoms with Crippen molar-refractivity contribution in [3.63, 3.8) is 0 Å². The lowest BCUT2D eigenvalue weighted by Gasteiger charge is -2.12. The van der Waals surface area contributed by atoms with E-state index >= 15 is 0 Å². The Labute approximate surface area is 191 Å². The number of benzene rings is 2. The SMILES string of the molecule is CCOc1ccc(NS(=O)(=O)c2ccc3[nH]cc(C(=O)NC[C@H]4CCCO4)c(=O)c3c2)cc1. The third-order valence-electron chi connectivity index (χ3n) is 5.34. The first kappa shape index (κ1) is 22.8. The Hall–Kier alpha value is -3.37. The van der Waals surface area contributed by atoms with Crippen molar-refractivity contribution in [3.05, 3.63) is 64.4 Å². The Morgan fingerprint density at radius 3 is 2.70 bits per heavy atom. The van der Waals surface area contributed by atoms with Crippen LogP contribution in [-0.2, 0) is 14.8 Å². The van der Waals surface area contributed by atoms with Crippen LogP contribution in [0.2, 0.25) is 0 Å². The monoisotopic (exact) mass is 471 g/mol. The topological polar surface area (TPSA) is 127 Å². The molecular weight excluding hydrogens is 446 g/mol. The number of anilines is 1. The molecule has 4 rings (SSSR count). The van der Waals surface area contributed by atoms with E-state index in [2.05, 4.69) is 15.0 Å². The van der Waals surface area contributed by atoms with Gasteiger partial charge in [0.15, 0.2) is 0 Å². The summed E-state index contributed by atoms with van der Waals surface area (Å²) in [5, 5.41) is 2.82.